The lowest BCUT2D eigenvalue weighted by Gasteiger charge is -2.25. The molecule has 0 bridgehead atoms. The molecule has 1 aliphatic heterocycles. The highest BCUT2D eigenvalue weighted by Crippen LogP contribution is 2.56. The first kappa shape index (κ1) is 29.8. The van der Waals surface area contributed by atoms with Gasteiger partial charge in [-0.1, -0.05) is 0 Å². The molecule has 2 N–H and O–H groups in total. The second-order valence-corrected chi connectivity index (χ2v) is 11.1. The highest BCUT2D eigenvalue weighted by molar-refractivity contribution is 6.38. The van der Waals surface area contributed by atoms with Crippen molar-refractivity contribution in [3.8, 4) is 34.5 Å². The van der Waals surface area contributed by atoms with Crippen LogP contribution in [0.25, 0.3) is 43.1 Å². The maximum absolute atomic E-state index is 13.7. The Kier molecular flexibility index (Phi) is 7.10. The van der Waals surface area contributed by atoms with Crippen molar-refractivity contribution in [1.82, 2.24) is 0 Å². The zero-order valence-electron chi connectivity index (χ0n) is 25.4. The molecule has 0 unspecified atom stereocenters. The summed E-state index contributed by atoms with van der Waals surface area (Å²) in [7, 11) is 2.67. The number of esters is 2. The molecule has 1 aliphatic rings. The molecule has 0 fully saturated rings. The van der Waals surface area contributed by atoms with Crippen LogP contribution >= 0.6 is 0 Å². The van der Waals surface area contributed by atoms with Gasteiger partial charge in [-0.3, -0.25) is 19.2 Å². The predicted molar refractivity (Wildman–Crippen MR) is 164 cm³/mol. The van der Waals surface area contributed by atoms with Crippen LogP contribution in [0.5, 0.6) is 34.5 Å². The summed E-state index contributed by atoms with van der Waals surface area (Å²) >= 11 is 0. The van der Waals surface area contributed by atoms with Crippen molar-refractivity contribution >= 4 is 55.0 Å². The molecule has 12 nitrogen and oxygen atoms in total. The number of carbonyl (C=O) groups excluding carboxylic acids is 2. The van der Waals surface area contributed by atoms with E-state index in [9.17, 15) is 29.4 Å². The number of hydrogen-bond donors (Lipinski definition) is 2. The number of methoxy groups -OCH3 is 2. The SMILES string of the molecule is COc1c(O)c2c(=O)cc3c4c5c(cc(=O)c6c(O)c(OC)c(C[C@H](C)OC(C)=O)c(c(c1C[C@H](C)OC(C)=O)c24)c65)OCO3. The third kappa shape index (κ3) is 4.42. The molecule has 45 heavy (non-hydrogen) atoms. The van der Waals surface area contributed by atoms with Crippen molar-refractivity contribution in [2.75, 3.05) is 21.0 Å². The molecule has 0 aromatic heterocycles. The molecular formula is C33H30O12. The average Bonchev–Trinajstić information content (AvgIpc) is 3.12. The van der Waals surface area contributed by atoms with Crippen LogP contribution in [0.2, 0.25) is 0 Å². The number of fused-ring (bicyclic) bond motifs is 1. The van der Waals surface area contributed by atoms with Crippen molar-refractivity contribution in [3.05, 3.63) is 43.7 Å². The lowest BCUT2D eigenvalue weighted by Crippen LogP contribution is -2.18. The van der Waals surface area contributed by atoms with E-state index in [2.05, 4.69) is 0 Å². The molecule has 0 saturated heterocycles. The van der Waals surface area contributed by atoms with Gasteiger partial charge in [0.25, 0.3) is 0 Å². The summed E-state index contributed by atoms with van der Waals surface area (Å²) in [5.41, 5.74) is -0.421. The zero-order valence-corrected chi connectivity index (χ0v) is 25.4. The summed E-state index contributed by atoms with van der Waals surface area (Å²) in [5, 5.41) is 25.1. The minimum Gasteiger partial charge on any atom is -0.504 e. The monoisotopic (exact) mass is 618 g/mol. The molecule has 0 amide bonds. The third-order valence-electron chi connectivity index (χ3n) is 8.12. The number of carbonyl (C=O) groups is 2. The molecular weight excluding hydrogens is 588 g/mol. The van der Waals surface area contributed by atoms with E-state index in [4.69, 9.17) is 28.4 Å². The van der Waals surface area contributed by atoms with Crippen LogP contribution in [0.1, 0.15) is 38.8 Å². The van der Waals surface area contributed by atoms with Gasteiger partial charge in [0.15, 0.2) is 33.9 Å². The Morgan fingerprint density at radius 3 is 1.40 bits per heavy atom. The average molecular weight is 619 g/mol. The van der Waals surface area contributed by atoms with E-state index in [1.165, 1.54) is 40.2 Å². The van der Waals surface area contributed by atoms with E-state index < -0.39 is 46.5 Å². The van der Waals surface area contributed by atoms with Crippen molar-refractivity contribution < 1.29 is 48.2 Å². The van der Waals surface area contributed by atoms with Gasteiger partial charge >= 0.3 is 11.9 Å². The quantitative estimate of drug-likeness (QED) is 0.146. The molecule has 0 aliphatic carbocycles. The number of hydrogen-bond acceptors (Lipinski definition) is 12. The van der Waals surface area contributed by atoms with E-state index in [1.54, 1.807) is 13.8 Å². The fourth-order valence-corrected chi connectivity index (χ4v) is 6.77. The molecule has 0 spiro atoms. The van der Waals surface area contributed by atoms with Crippen LogP contribution in [0.4, 0.5) is 0 Å². The van der Waals surface area contributed by atoms with Crippen molar-refractivity contribution in [2.24, 2.45) is 0 Å². The fourth-order valence-electron chi connectivity index (χ4n) is 6.77. The van der Waals surface area contributed by atoms with Gasteiger partial charge in [-0.05, 0) is 24.6 Å². The van der Waals surface area contributed by atoms with Crippen molar-refractivity contribution in [3.63, 3.8) is 0 Å². The Morgan fingerprint density at radius 2 is 1.07 bits per heavy atom. The molecule has 2 atom stereocenters. The Labute approximate surface area is 255 Å². The van der Waals surface area contributed by atoms with Gasteiger partial charge in [-0.25, -0.2) is 0 Å². The number of phenols is 2. The fraction of sp³-hybridized carbons (Fsp3) is 0.333. The summed E-state index contributed by atoms with van der Waals surface area (Å²) in [6, 6.07) is 2.46. The summed E-state index contributed by atoms with van der Waals surface area (Å²) in [6.45, 7) is 5.55. The largest absolute Gasteiger partial charge is 0.504 e. The summed E-state index contributed by atoms with van der Waals surface area (Å²) in [5.74, 6) is -1.71. The van der Waals surface area contributed by atoms with Gasteiger partial charge in [-0.2, -0.15) is 0 Å². The predicted octanol–water partition coefficient (Wildman–Crippen LogP) is 4.04. The summed E-state index contributed by atoms with van der Waals surface area (Å²) < 4.78 is 34.1. The van der Waals surface area contributed by atoms with Crippen LogP contribution in [0, 0.1) is 0 Å². The van der Waals surface area contributed by atoms with Crippen LogP contribution in [-0.2, 0) is 31.9 Å². The number of rotatable bonds is 8. The Balaban J connectivity index is 1.99. The Hall–Kier alpha value is -5.26. The Bertz CT molecular complexity index is 2020. The summed E-state index contributed by atoms with van der Waals surface area (Å²) in [4.78, 5) is 51.2. The van der Waals surface area contributed by atoms with E-state index >= 15 is 0 Å². The number of benzene rings is 5. The number of phenolic OH excluding ortho intramolecular Hbond substituents is 2. The zero-order chi connectivity index (χ0) is 32.5. The van der Waals surface area contributed by atoms with Crippen molar-refractivity contribution in [1.29, 1.82) is 0 Å². The molecule has 1 heterocycles. The molecule has 12 heteroatoms. The minimum absolute atomic E-state index is 0.0136. The first-order chi connectivity index (χ1) is 21.4. The van der Waals surface area contributed by atoms with Gasteiger partial charge in [0.2, 0.25) is 6.79 Å². The maximum atomic E-state index is 13.7. The topological polar surface area (TPSA) is 164 Å². The van der Waals surface area contributed by atoms with Gasteiger partial charge in [0, 0.05) is 71.5 Å². The number of aromatic hydroxyl groups is 2. The highest BCUT2D eigenvalue weighted by atomic mass is 16.7. The van der Waals surface area contributed by atoms with Crippen LogP contribution in [0.15, 0.2) is 21.7 Å². The number of ether oxygens (including phenoxy) is 6. The first-order valence-corrected chi connectivity index (χ1v) is 14.2. The lowest BCUT2D eigenvalue weighted by molar-refractivity contribution is -0.146. The van der Waals surface area contributed by atoms with Crippen LogP contribution in [-0.4, -0.2) is 55.4 Å². The molecule has 234 valence electrons. The minimum atomic E-state index is -0.723. The molecule has 6 rings (SSSR count). The molecule has 5 aromatic carbocycles. The van der Waals surface area contributed by atoms with E-state index in [0.717, 1.165) is 0 Å². The standard InChI is InChI=1S/C33H30O12/c1-12(44-14(3)34)7-16-22-23-17(8-13(2)45-15(4)35)33(41-6)31(39)25-19(37)10-21-27(29(23)25)26-20(42-11-43-21)9-18(36)24(28(22)26)30(38)32(16)40-5/h9-10,12-13,38-39H,7-8,11H2,1-6H3/t12-,13-/m0/s1. The van der Waals surface area contributed by atoms with Gasteiger partial charge in [-0.15, -0.1) is 0 Å². The molecule has 0 saturated carbocycles. The van der Waals surface area contributed by atoms with Gasteiger partial charge < -0.3 is 38.6 Å². The highest BCUT2D eigenvalue weighted by Gasteiger charge is 2.34. The first-order valence-electron chi connectivity index (χ1n) is 14.2. The van der Waals surface area contributed by atoms with Gasteiger partial charge in [0.05, 0.1) is 25.0 Å². The lowest BCUT2D eigenvalue weighted by atomic mass is 9.81. The van der Waals surface area contributed by atoms with Crippen LogP contribution in [0.3, 0.4) is 0 Å². The van der Waals surface area contributed by atoms with Gasteiger partial charge in [0.1, 0.15) is 23.7 Å². The molecule has 5 aromatic rings. The second-order valence-electron chi connectivity index (χ2n) is 11.1. The Morgan fingerprint density at radius 1 is 0.689 bits per heavy atom. The normalized spacial score (nSPS) is 13.9. The van der Waals surface area contributed by atoms with E-state index in [0.29, 0.717) is 32.7 Å². The smallest absolute Gasteiger partial charge is 0.302 e. The second kappa shape index (κ2) is 10.7. The van der Waals surface area contributed by atoms with Crippen LogP contribution < -0.4 is 29.8 Å². The maximum Gasteiger partial charge on any atom is 0.302 e. The summed E-state index contributed by atoms with van der Waals surface area (Å²) in [6.07, 6.45) is -1.42. The van der Waals surface area contributed by atoms with E-state index in [1.807, 2.05) is 0 Å². The van der Waals surface area contributed by atoms with E-state index in [-0.39, 0.29) is 64.2 Å². The van der Waals surface area contributed by atoms with Crippen molar-refractivity contribution in [2.45, 2.75) is 52.7 Å². The molecule has 0 radical (unpaired) electrons. The third-order valence-corrected chi connectivity index (χ3v) is 8.12.